The van der Waals surface area contributed by atoms with Gasteiger partial charge in [-0.1, -0.05) is 18.2 Å². The Morgan fingerprint density at radius 2 is 2.00 bits per heavy atom. The summed E-state index contributed by atoms with van der Waals surface area (Å²) in [5.74, 6) is 0.673. The van der Waals surface area contributed by atoms with Crippen molar-refractivity contribution < 1.29 is 0 Å². The minimum Gasteiger partial charge on any atom is -0.331 e. The third-order valence-electron chi connectivity index (χ3n) is 2.53. The molecule has 0 amide bonds. The monoisotopic (exact) mass is 233 g/mol. The van der Waals surface area contributed by atoms with Gasteiger partial charge in [-0.2, -0.15) is 5.10 Å². The van der Waals surface area contributed by atoms with E-state index in [1.807, 2.05) is 37.3 Å². The highest BCUT2D eigenvalue weighted by atomic mass is 32.1. The molecule has 84 valence electrons. The van der Waals surface area contributed by atoms with Crippen molar-refractivity contribution in [3.63, 3.8) is 0 Å². The molecular formula is C12H15N3S. The van der Waals surface area contributed by atoms with Crippen molar-refractivity contribution in [2.75, 3.05) is 5.32 Å². The van der Waals surface area contributed by atoms with Crippen molar-refractivity contribution in [2.45, 2.75) is 19.8 Å². The summed E-state index contributed by atoms with van der Waals surface area (Å²) in [7, 11) is 0. The van der Waals surface area contributed by atoms with Crippen molar-refractivity contribution in [2.24, 2.45) is 11.0 Å². The van der Waals surface area contributed by atoms with Crippen molar-refractivity contribution in [1.29, 1.82) is 0 Å². The van der Waals surface area contributed by atoms with E-state index >= 15 is 0 Å². The number of nitrogens with zero attached hydrogens (tertiary/aromatic N) is 1. The molecule has 0 aliphatic heterocycles. The van der Waals surface area contributed by atoms with Crippen molar-refractivity contribution in [3.05, 3.63) is 30.3 Å². The molecule has 4 heteroatoms. The fraction of sp³-hybridized carbons (Fsp3) is 0.333. The lowest BCUT2D eigenvalue weighted by molar-refractivity contribution is 0.999. The van der Waals surface area contributed by atoms with Crippen LogP contribution in [0.2, 0.25) is 0 Å². The lowest BCUT2D eigenvalue weighted by Gasteiger charge is -2.07. The zero-order valence-corrected chi connectivity index (χ0v) is 10.1. The molecule has 1 aliphatic rings. The molecule has 1 aromatic rings. The topological polar surface area (TPSA) is 36.4 Å². The summed E-state index contributed by atoms with van der Waals surface area (Å²) >= 11 is 5.13. The van der Waals surface area contributed by atoms with Crippen LogP contribution in [-0.4, -0.2) is 10.8 Å². The number of hydrazone groups is 1. The molecule has 16 heavy (non-hydrogen) atoms. The van der Waals surface area contributed by atoms with E-state index in [1.54, 1.807) is 0 Å². The number of hydrogen-bond donors (Lipinski definition) is 2. The smallest absolute Gasteiger partial charge is 0.191 e. The molecule has 0 aromatic heterocycles. The molecule has 0 unspecified atom stereocenters. The molecule has 0 bridgehead atoms. The van der Waals surface area contributed by atoms with Crippen LogP contribution in [-0.2, 0) is 0 Å². The summed E-state index contributed by atoms with van der Waals surface area (Å²) in [5, 5.41) is 7.85. The Morgan fingerprint density at radius 3 is 2.62 bits per heavy atom. The van der Waals surface area contributed by atoms with Crippen LogP contribution < -0.4 is 10.7 Å². The number of anilines is 1. The van der Waals surface area contributed by atoms with Crippen LogP contribution in [0.1, 0.15) is 19.8 Å². The van der Waals surface area contributed by atoms with E-state index in [1.165, 1.54) is 12.8 Å². The van der Waals surface area contributed by atoms with Crippen molar-refractivity contribution in [1.82, 2.24) is 5.43 Å². The van der Waals surface area contributed by atoms with Gasteiger partial charge in [-0.3, -0.25) is 5.43 Å². The summed E-state index contributed by atoms with van der Waals surface area (Å²) in [5.41, 5.74) is 4.97. The minimum absolute atomic E-state index is 0.534. The first-order valence-corrected chi connectivity index (χ1v) is 5.83. The fourth-order valence-electron chi connectivity index (χ4n) is 1.41. The number of nitrogens with one attached hydrogen (secondary N) is 2. The maximum absolute atomic E-state index is 5.13. The first kappa shape index (κ1) is 11.1. The molecule has 1 saturated carbocycles. The second kappa shape index (κ2) is 5.07. The van der Waals surface area contributed by atoms with Gasteiger partial charge < -0.3 is 5.32 Å². The Balaban J connectivity index is 1.82. The molecule has 0 heterocycles. The number of hydrogen-bond acceptors (Lipinski definition) is 2. The number of rotatable bonds is 3. The highest BCUT2D eigenvalue weighted by Gasteiger charge is 2.24. The molecule has 2 rings (SSSR count). The third kappa shape index (κ3) is 3.31. The lowest BCUT2D eigenvalue weighted by Crippen LogP contribution is -2.25. The van der Waals surface area contributed by atoms with Crippen LogP contribution in [0, 0.1) is 5.92 Å². The van der Waals surface area contributed by atoms with Crippen LogP contribution in [0.5, 0.6) is 0 Å². The molecule has 2 N–H and O–H groups in total. The molecule has 0 atom stereocenters. The predicted molar refractivity (Wildman–Crippen MR) is 71.6 cm³/mol. The molecule has 3 nitrogen and oxygen atoms in total. The molecule has 1 fully saturated rings. The van der Waals surface area contributed by atoms with Crippen LogP contribution >= 0.6 is 12.2 Å². The van der Waals surface area contributed by atoms with Gasteiger partial charge in [0.25, 0.3) is 0 Å². The van der Waals surface area contributed by atoms with E-state index in [4.69, 9.17) is 12.2 Å². The van der Waals surface area contributed by atoms with Crippen molar-refractivity contribution in [3.8, 4) is 0 Å². The summed E-state index contributed by atoms with van der Waals surface area (Å²) in [6.45, 7) is 2.04. The third-order valence-corrected chi connectivity index (χ3v) is 2.73. The Bertz CT molecular complexity index is 396. The van der Waals surface area contributed by atoms with Gasteiger partial charge in [0.2, 0.25) is 0 Å². The zero-order chi connectivity index (χ0) is 11.4. The van der Waals surface area contributed by atoms with Gasteiger partial charge >= 0.3 is 0 Å². The maximum atomic E-state index is 5.13. The molecule has 1 aliphatic carbocycles. The first-order chi connectivity index (χ1) is 7.75. The Labute approximate surface area is 101 Å². The summed E-state index contributed by atoms with van der Waals surface area (Å²) < 4.78 is 0. The van der Waals surface area contributed by atoms with E-state index in [-0.39, 0.29) is 0 Å². The molecular weight excluding hydrogens is 218 g/mol. The van der Waals surface area contributed by atoms with Crippen LogP contribution in [0.3, 0.4) is 0 Å². The second-order valence-corrected chi connectivity index (χ2v) is 4.37. The summed E-state index contributed by atoms with van der Waals surface area (Å²) in [6, 6.07) is 9.82. The predicted octanol–water partition coefficient (Wildman–Crippen LogP) is 2.76. The van der Waals surface area contributed by atoms with E-state index in [0.29, 0.717) is 11.0 Å². The SMILES string of the molecule is C/C(=N\NC(=S)Nc1ccccc1)C1CC1. The Morgan fingerprint density at radius 1 is 1.31 bits per heavy atom. The highest BCUT2D eigenvalue weighted by molar-refractivity contribution is 7.80. The highest BCUT2D eigenvalue weighted by Crippen LogP contribution is 2.30. The van der Waals surface area contributed by atoms with Gasteiger partial charge in [-0.25, -0.2) is 0 Å². The normalized spacial score (nSPS) is 15.7. The van der Waals surface area contributed by atoms with Crippen LogP contribution in [0.15, 0.2) is 35.4 Å². The Hall–Kier alpha value is -1.42. The van der Waals surface area contributed by atoms with Gasteiger partial charge in [-0.05, 0) is 50.0 Å². The van der Waals surface area contributed by atoms with Gasteiger partial charge in [0, 0.05) is 11.4 Å². The maximum Gasteiger partial charge on any atom is 0.191 e. The quantitative estimate of drug-likeness (QED) is 0.479. The van der Waals surface area contributed by atoms with Gasteiger partial charge in [0.05, 0.1) is 0 Å². The molecule has 0 radical (unpaired) electrons. The van der Waals surface area contributed by atoms with Crippen LogP contribution in [0.4, 0.5) is 5.69 Å². The Kier molecular flexibility index (Phi) is 3.51. The van der Waals surface area contributed by atoms with Crippen LogP contribution in [0.25, 0.3) is 0 Å². The molecule has 0 spiro atoms. The summed E-state index contributed by atoms with van der Waals surface area (Å²) in [6.07, 6.45) is 2.52. The zero-order valence-electron chi connectivity index (χ0n) is 9.23. The second-order valence-electron chi connectivity index (χ2n) is 3.96. The standard InChI is InChI=1S/C12H15N3S/c1-9(10-7-8-10)14-15-12(16)13-11-5-3-2-4-6-11/h2-6,10H,7-8H2,1H3,(H2,13,15,16)/b14-9+. The number of para-hydroxylation sites is 1. The number of thiocarbonyl (C=S) groups is 1. The van der Waals surface area contributed by atoms with Crippen molar-refractivity contribution >= 4 is 28.7 Å². The average Bonchev–Trinajstić information content (AvgIpc) is 3.11. The summed E-state index contributed by atoms with van der Waals surface area (Å²) in [4.78, 5) is 0. The number of benzene rings is 1. The van der Waals surface area contributed by atoms with E-state index < -0.39 is 0 Å². The largest absolute Gasteiger partial charge is 0.331 e. The van der Waals surface area contributed by atoms with E-state index in [0.717, 1.165) is 11.4 Å². The first-order valence-electron chi connectivity index (χ1n) is 5.42. The van der Waals surface area contributed by atoms with E-state index in [9.17, 15) is 0 Å². The fourth-order valence-corrected chi connectivity index (χ4v) is 1.58. The van der Waals surface area contributed by atoms with E-state index in [2.05, 4.69) is 15.8 Å². The molecule has 0 saturated heterocycles. The average molecular weight is 233 g/mol. The van der Waals surface area contributed by atoms with Gasteiger partial charge in [0.1, 0.15) is 0 Å². The molecule has 1 aromatic carbocycles. The van der Waals surface area contributed by atoms with Gasteiger partial charge in [0.15, 0.2) is 5.11 Å². The van der Waals surface area contributed by atoms with Gasteiger partial charge in [-0.15, -0.1) is 0 Å². The minimum atomic E-state index is 0.534. The lowest BCUT2D eigenvalue weighted by atomic mass is 10.3.